The third-order valence-corrected chi connectivity index (χ3v) is 6.10. The van der Waals surface area contributed by atoms with Crippen LogP contribution in [-0.2, 0) is 28.8 Å². The van der Waals surface area contributed by atoms with E-state index in [2.05, 4.69) is 0 Å². The molecule has 1 aromatic heterocycles. The van der Waals surface area contributed by atoms with Crippen molar-refractivity contribution in [3.63, 3.8) is 0 Å². The monoisotopic (exact) mass is 388 g/mol. The first-order valence-corrected chi connectivity index (χ1v) is 9.44. The van der Waals surface area contributed by atoms with E-state index in [0.29, 0.717) is 0 Å². The molecular weight excluding hydrogens is 372 g/mol. The molecule has 13 heteroatoms. The van der Waals surface area contributed by atoms with Crippen LogP contribution in [0.1, 0.15) is 0 Å². The summed E-state index contributed by atoms with van der Waals surface area (Å²) in [4.78, 5) is 24.2. The van der Waals surface area contributed by atoms with Gasteiger partial charge in [-0.25, -0.2) is 4.79 Å². The van der Waals surface area contributed by atoms with Crippen molar-refractivity contribution in [3.8, 4) is 0 Å². The van der Waals surface area contributed by atoms with Gasteiger partial charge in [0.05, 0.1) is 12.4 Å². The quantitative estimate of drug-likeness (QED) is 0.481. The molecule has 0 amide bonds. The summed E-state index contributed by atoms with van der Waals surface area (Å²) < 4.78 is 45.8. The van der Waals surface area contributed by atoms with Crippen LogP contribution in [0.25, 0.3) is 0 Å². The Morgan fingerprint density at radius 2 is 1.87 bits per heavy atom. The van der Waals surface area contributed by atoms with Crippen LogP contribution in [-0.4, -0.2) is 29.9 Å². The smallest absolute Gasteiger partial charge is 0.339 e. The molecule has 2 unspecified atom stereocenters. The summed E-state index contributed by atoms with van der Waals surface area (Å²) in [5.74, 6) is -1.07. The summed E-state index contributed by atoms with van der Waals surface area (Å²) in [6, 6.07) is 0. The summed E-state index contributed by atoms with van der Waals surface area (Å²) >= 11 is 0. The van der Waals surface area contributed by atoms with Gasteiger partial charge in [0.2, 0.25) is 5.82 Å². The molecule has 1 heterocycles. The Hall–Kier alpha value is -0.720. The van der Waals surface area contributed by atoms with E-state index in [1.54, 1.807) is 0 Å². The van der Waals surface area contributed by atoms with E-state index in [4.69, 9.17) is 17.7 Å². The number of H-pyrrole nitrogens is 1. The molecule has 23 heavy (non-hydrogen) atoms. The maximum atomic E-state index is 13.1. The van der Waals surface area contributed by atoms with E-state index in [0.717, 1.165) is 10.8 Å². The maximum absolute atomic E-state index is 13.1. The van der Waals surface area contributed by atoms with Gasteiger partial charge in [0.25, 0.3) is 5.56 Å². The highest BCUT2D eigenvalue weighted by Gasteiger charge is 2.23. The lowest BCUT2D eigenvalue weighted by Crippen LogP contribution is -2.31. The molecule has 130 valence electrons. The number of hydrogen-bond acceptors (Lipinski definition) is 7. The molecule has 9 nitrogen and oxygen atoms in total. The molecule has 1 rings (SSSR count). The molecule has 0 bridgehead atoms. The van der Waals surface area contributed by atoms with Crippen molar-refractivity contribution in [2.24, 2.45) is 0 Å². The maximum Gasteiger partial charge on any atom is 0.344 e. The fraction of sp³-hybridized carbons (Fsp3) is 0.400. The van der Waals surface area contributed by atoms with Crippen molar-refractivity contribution >= 4 is 25.7 Å². The molecule has 0 radical (unpaired) electrons. The third-order valence-electron chi connectivity index (χ3n) is 2.28. The minimum absolute atomic E-state index is 0.0222. The third kappa shape index (κ3) is 7.14. The van der Waals surface area contributed by atoms with Gasteiger partial charge in [-0.05, 0) is 0 Å². The predicted octanol–water partition coefficient (Wildman–Crippen LogP) is 1.77. The van der Waals surface area contributed by atoms with Crippen LogP contribution in [0.3, 0.4) is 0 Å². The number of allylic oxidation sites excluding steroid dienone is 2. The average Bonchev–Trinajstić information content (AvgIpc) is 2.52. The molecule has 0 fully saturated rings. The lowest BCUT2D eigenvalue weighted by molar-refractivity contribution is 0.355. The largest absolute Gasteiger partial charge is 0.344 e. The van der Waals surface area contributed by atoms with Gasteiger partial charge in [-0.15, -0.1) is 0 Å². The zero-order valence-electron chi connectivity index (χ0n) is 12.3. The number of nitrogens with zero attached hydrogens (tertiary/aromatic N) is 1. The van der Waals surface area contributed by atoms with Crippen LogP contribution in [0.4, 0.5) is 4.39 Å². The molecule has 0 aliphatic heterocycles. The normalized spacial score (nSPS) is 15.3. The Morgan fingerprint density at radius 1 is 1.26 bits per heavy atom. The number of halogens is 1. The van der Waals surface area contributed by atoms with E-state index in [-0.39, 0.29) is 12.7 Å². The topological polar surface area (TPSA) is 109 Å². The molecule has 0 spiro atoms. The first-order valence-electron chi connectivity index (χ1n) is 6.08. The van der Waals surface area contributed by atoms with E-state index >= 15 is 0 Å². The van der Waals surface area contributed by atoms with Crippen LogP contribution in [0.15, 0.2) is 27.9 Å². The van der Waals surface area contributed by atoms with Crippen molar-refractivity contribution < 1.29 is 26.6 Å². The van der Waals surface area contributed by atoms with E-state index in [1.807, 2.05) is 4.98 Å². The molecule has 2 atom stereocenters. The van der Waals surface area contributed by atoms with Gasteiger partial charge in [0.1, 0.15) is 0 Å². The Morgan fingerprint density at radius 3 is 2.43 bits per heavy atom. The van der Waals surface area contributed by atoms with Crippen LogP contribution in [0.5, 0.6) is 0 Å². The second kappa shape index (κ2) is 10.2. The second-order valence-electron chi connectivity index (χ2n) is 3.91. The van der Waals surface area contributed by atoms with Gasteiger partial charge in [-0.3, -0.25) is 27.5 Å². The van der Waals surface area contributed by atoms with Crippen LogP contribution >= 0.6 is 25.7 Å². The summed E-state index contributed by atoms with van der Waals surface area (Å²) in [6.45, 7) is -0.0222. The van der Waals surface area contributed by atoms with Gasteiger partial charge in [-0.2, -0.15) is 4.39 Å². The molecule has 0 aliphatic rings. The van der Waals surface area contributed by atoms with Gasteiger partial charge < -0.3 is 9.05 Å². The highest BCUT2D eigenvalue weighted by atomic mass is 31.3. The van der Waals surface area contributed by atoms with Crippen LogP contribution in [0.2, 0.25) is 0 Å². The zero-order valence-corrected chi connectivity index (χ0v) is 15.2. The Balaban J connectivity index is 2.68. The second-order valence-corrected chi connectivity index (χ2v) is 8.11. The van der Waals surface area contributed by atoms with Gasteiger partial charge in [0, 0.05) is 20.8 Å². The van der Waals surface area contributed by atoms with Crippen LogP contribution < -0.4 is 11.2 Å². The lowest BCUT2D eigenvalue weighted by atomic mass is 10.5. The molecule has 1 N–H and O–H groups in total. The van der Waals surface area contributed by atoms with Gasteiger partial charge >= 0.3 is 13.3 Å². The first-order chi connectivity index (χ1) is 10.9. The van der Waals surface area contributed by atoms with Crippen molar-refractivity contribution in [2.75, 3.05) is 20.4 Å². The molecule has 0 saturated carbocycles. The van der Waals surface area contributed by atoms with Crippen LogP contribution in [0, 0.1) is 5.82 Å². The summed E-state index contributed by atoms with van der Waals surface area (Å²) in [6.07, 6.45) is 3.62. The molecule has 1 aromatic rings. The zero-order chi connectivity index (χ0) is 17.3. The minimum atomic E-state index is -3.43. The summed E-state index contributed by atoms with van der Waals surface area (Å²) in [7, 11) is -1.59. The van der Waals surface area contributed by atoms with E-state index in [1.165, 1.54) is 26.4 Å². The fourth-order valence-electron chi connectivity index (χ4n) is 1.29. The highest BCUT2D eigenvalue weighted by molar-refractivity contribution is 7.63. The number of hydrogen-bond donors (Lipinski definition) is 1. The molecule has 0 saturated heterocycles. The van der Waals surface area contributed by atoms with E-state index in [9.17, 15) is 18.5 Å². The summed E-state index contributed by atoms with van der Waals surface area (Å²) in [5.41, 5.74) is -1.83. The van der Waals surface area contributed by atoms with Gasteiger partial charge in [-0.1, -0.05) is 12.2 Å². The highest BCUT2D eigenvalue weighted by Crippen LogP contribution is 2.57. The number of aromatic nitrogens is 2. The first kappa shape index (κ1) is 20.3. The molecule has 0 aliphatic carbocycles. The number of nitrogens with one attached hydrogen (secondary N) is 1. The Kier molecular flexibility index (Phi) is 9.02. The van der Waals surface area contributed by atoms with Gasteiger partial charge in [0.15, 0.2) is 18.1 Å². The van der Waals surface area contributed by atoms with Crippen molar-refractivity contribution in [2.45, 2.75) is 6.54 Å². The van der Waals surface area contributed by atoms with Crippen molar-refractivity contribution in [3.05, 3.63) is 45.0 Å². The minimum Gasteiger partial charge on any atom is -0.339 e. The Labute approximate surface area is 134 Å². The fourth-order valence-corrected chi connectivity index (χ4v) is 4.28. The predicted molar refractivity (Wildman–Crippen MR) is 85.7 cm³/mol. The number of aromatic amines is 1. The van der Waals surface area contributed by atoms with Crippen molar-refractivity contribution in [1.82, 2.24) is 9.55 Å². The Bertz CT molecular complexity index is 678. The van der Waals surface area contributed by atoms with E-state index < -0.39 is 42.7 Å². The number of rotatable bonds is 10. The van der Waals surface area contributed by atoms with Crippen molar-refractivity contribution in [1.29, 1.82) is 0 Å². The lowest BCUT2D eigenvalue weighted by Gasteiger charge is -2.14. The molecule has 0 aromatic carbocycles. The average molecular weight is 388 g/mol. The standard InChI is InChI=1S/C10H16FN2O7P3/c1-17-21-19-23(16,20-22-18-2)6-4-3-5-13-7-8(11)9(14)12-10(13)15/h3-4,7,21-22H,5-6H2,1-2H3,(H,12,14,15)/b4-3-. The summed E-state index contributed by atoms with van der Waals surface area (Å²) in [5, 5.41) is 0. The molecular formula is C10H16FN2O7P3. The SMILES string of the molecule is COPOP(=O)(C/C=C\Cn1cc(F)c(=O)[nH]c1=O)OPOC.